The standard InChI is InChI=1S/C13H28O2Si/c1-6-7-8-9-13(16(3,4)5)15-12(2)10-11-14/h11-13H,6-10H2,1-5H3/t12-,13-/m0/s1. The van der Waals surface area contributed by atoms with E-state index in [1.165, 1.54) is 19.3 Å². The Morgan fingerprint density at radius 2 is 1.88 bits per heavy atom. The third kappa shape index (κ3) is 7.18. The van der Waals surface area contributed by atoms with Crippen LogP contribution in [0.1, 0.15) is 46.0 Å². The van der Waals surface area contributed by atoms with Crippen LogP contribution in [0.2, 0.25) is 19.6 Å². The highest BCUT2D eigenvalue weighted by Crippen LogP contribution is 2.20. The molecule has 0 fully saturated rings. The van der Waals surface area contributed by atoms with Crippen LogP contribution in [-0.4, -0.2) is 26.2 Å². The van der Waals surface area contributed by atoms with Crippen LogP contribution in [0.3, 0.4) is 0 Å². The Kier molecular flexibility index (Phi) is 7.94. The van der Waals surface area contributed by atoms with Crippen LogP contribution < -0.4 is 0 Å². The Labute approximate surface area is 102 Å². The summed E-state index contributed by atoms with van der Waals surface area (Å²) in [4.78, 5) is 10.4. The Balaban J connectivity index is 4.15. The average Bonchev–Trinajstić information content (AvgIpc) is 2.15. The first-order chi connectivity index (χ1) is 7.41. The highest BCUT2D eigenvalue weighted by molar-refractivity contribution is 6.77. The van der Waals surface area contributed by atoms with E-state index in [4.69, 9.17) is 4.74 Å². The summed E-state index contributed by atoms with van der Waals surface area (Å²) in [7, 11) is -1.27. The SMILES string of the molecule is CCCCC[C@@H](O[C@@H](C)CC=O)[Si](C)(C)C. The molecule has 0 aromatic carbocycles. The van der Waals surface area contributed by atoms with Crippen LogP contribution in [-0.2, 0) is 9.53 Å². The van der Waals surface area contributed by atoms with Gasteiger partial charge in [-0.05, 0) is 13.3 Å². The Morgan fingerprint density at radius 1 is 1.25 bits per heavy atom. The first-order valence-corrected chi connectivity index (χ1v) is 10.1. The van der Waals surface area contributed by atoms with Gasteiger partial charge in [0.2, 0.25) is 0 Å². The molecule has 0 bridgehead atoms. The fourth-order valence-corrected chi connectivity index (χ4v) is 3.47. The van der Waals surface area contributed by atoms with Crippen molar-refractivity contribution in [1.29, 1.82) is 0 Å². The molecule has 3 heteroatoms. The van der Waals surface area contributed by atoms with Crippen molar-refractivity contribution in [1.82, 2.24) is 0 Å². The van der Waals surface area contributed by atoms with Gasteiger partial charge in [-0.2, -0.15) is 0 Å². The zero-order chi connectivity index (χ0) is 12.6. The first-order valence-electron chi connectivity index (χ1n) is 6.50. The van der Waals surface area contributed by atoms with Crippen LogP contribution >= 0.6 is 0 Å². The summed E-state index contributed by atoms with van der Waals surface area (Å²) in [5.74, 6) is 0. The summed E-state index contributed by atoms with van der Waals surface area (Å²) in [5, 5.41) is 0. The van der Waals surface area contributed by atoms with Crippen LogP contribution in [0.15, 0.2) is 0 Å². The number of hydrogen-bond donors (Lipinski definition) is 0. The van der Waals surface area contributed by atoms with E-state index in [0.29, 0.717) is 12.1 Å². The molecule has 0 spiro atoms. The van der Waals surface area contributed by atoms with Gasteiger partial charge in [0.1, 0.15) is 6.29 Å². The van der Waals surface area contributed by atoms with Crippen LogP contribution in [0.4, 0.5) is 0 Å². The van der Waals surface area contributed by atoms with Gasteiger partial charge in [0.25, 0.3) is 0 Å². The molecule has 0 aliphatic heterocycles. The average molecular weight is 244 g/mol. The minimum Gasteiger partial charge on any atom is -0.378 e. The minimum atomic E-state index is -1.27. The van der Waals surface area contributed by atoms with E-state index < -0.39 is 8.07 Å². The number of hydrogen-bond acceptors (Lipinski definition) is 2. The lowest BCUT2D eigenvalue weighted by molar-refractivity contribution is -0.110. The molecule has 0 saturated carbocycles. The van der Waals surface area contributed by atoms with Gasteiger partial charge in [0, 0.05) is 12.1 Å². The second-order valence-electron chi connectivity index (χ2n) is 5.70. The summed E-state index contributed by atoms with van der Waals surface area (Å²) in [6.07, 6.45) is 6.50. The molecule has 0 heterocycles. The molecule has 0 rings (SSSR count). The molecule has 2 nitrogen and oxygen atoms in total. The quantitative estimate of drug-likeness (QED) is 0.350. The molecule has 0 N–H and O–H groups in total. The third-order valence-electron chi connectivity index (χ3n) is 2.86. The Morgan fingerprint density at radius 3 is 2.31 bits per heavy atom. The maximum absolute atomic E-state index is 10.4. The van der Waals surface area contributed by atoms with Gasteiger partial charge in [0.05, 0.1) is 14.2 Å². The highest BCUT2D eigenvalue weighted by Gasteiger charge is 2.28. The maximum atomic E-state index is 10.4. The number of rotatable bonds is 9. The van der Waals surface area contributed by atoms with Gasteiger partial charge < -0.3 is 9.53 Å². The zero-order valence-corrected chi connectivity index (χ0v) is 12.6. The van der Waals surface area contributed by atoms with Crippen molar-refractivity contribution in [2.24, 2.45) is 0 Å². The van der Waals surface area contributed by atoms with Gasteiger partial charge in [-0.25, -0.2) is 0 Å². The predicted molar refractivity (Wildman–Crippen MR) is 72.5 cm³/mol. The summed E-state index contributed by atoms with van der Waals surface area (Å²) < 4.78 is 6.03. The van der Waals surface area contributed by atoms with E-state index in [1.807, 2.05) is 6.92 Å². The molecular weight excluding hydrogens is 216 g/mol. The lowest BCUT2D eigenvalue weighted by Crippen LogP contribution is -2.42. The van der Waals surface area contributed by atoms with Crippen LogP contribution in [0, 0.1) is 0 Å². The highest BCUT2D eigenvalue weighted by atomic mass is 28.3. The summed E-state index contributed by atoms with van der Waals surface area (Å²) in [5.41, 5.74) is 0.397. The van der Waals surface area contributed by atoms with Crippen molar-refractivity contribution in [3.8, 4) is 0 Å². The molecule has 0 aromatic rings. The smallest absolute Gasteiger partial charge is 0.122 e. The maximum Gasteiger partial charge on any atom is 0.122 e. The summed E-state index contributed by atoms with van der Waals surface area (Å²) in [6.45, 7) is 11.3. The number of unbranched alkanes of at least 4 members (excludes halogenated alkanes) is 2. The van der Waals surface area contributed by atoms with E-state index in [9.17, 15) is 4.79 Å². The van der Waals surface area contributed by atoms with Crippen molar-refractivity contribution in [2.75, 3.05) is 0 Å². The monoisotopic (exact) mass is 244 g/mol. The Bertz CT molecular complexity index is 187. The second-order valence-corrected chi connectivity index (χ2v) is 11.1. The molecule has 0 aliphatic carbocycles. The van der Waals surface area contributed by atoms with Gasteiger partial charge >= 0.3 is 0 Å². The molecule has 2 atom stereocenters. The lowest BCUT2D eigenvalue weighted by atomic mass is 10.2. The van der Waals surface area contributed by atoms with E-state index in [1.54, 1.807) is 0 Å². The number of ether oxygens (including phenoxy) is 1. The normalized spacial score (nSPS) is 15.8. The third-order valence-corrected chi connectivity index (χ3v) is 5.22. The van der Waals surface area contributed by atoms with E-state index in [0.717, 1.165) is 12.7 Å². The molecule has 96 valence electrons. The van der Waals surface area contributed by atoms with Gasteiger partial charge in [-0.1, -0.05) is 45.8 Å². The number of carbonyl (C=O) groups excluding carboxylic acids is 1. The Hall–Kier alpha value is -0.153. The van der Waals surface area contributed by atoms with Crippen LogP contribution in [0.5, 0.6) is 0 Å². The van der Waals surface area contributed by atoms with E-state index >= 15 is 0 Å². The van der Waals surface area contributed by atoms with Gasteiger partial charge in [-0.3, -0.25) is 0 Å². The first kappa shape index (κ1) is 15.8. The van der Waals surface area contributed by atoms with Crippen molar-refractivity contribution in [3.63, 3.8) is 0 Å². The van der Waals surface area contributed by atoms with E-state index in [2.05, 4.69) is 26.6 Å². The molecule has 0 amide bonds. The minimum absolute atomic E-state index is 0.0795. The second kappa shape index (κ2) is 8.01. The fraction of sp³-hybridized carbons (Fsp3) is 0.923. The molecule has 0 aliphatic rings. The van der Waals surface area contributed by atoms with Gasteiger partial charge in [0.15, 0.2) is 0 Å². The van der Waals surface area contributed by atoms with E-state index in [-0.39, 0.29) is 6.10 Å². The molecule has 0 aromatic heterocycles. The van der Waals surface area contributed by atoms with Gasteiger partial charge in [-0.15, -0.1) is 0 Å². The van der Waals surface area contributed by atoms with Crippen molar-refractivity contribution in [2.45, 2.75) is 77.4 Å². The summed E-state index contributed by atoms with van der Waals surface area (Å²) in [6, 6.07) is 0. The molecule has 0 unspecified atom stereocenters. The van der Waals surface area contributed by atoms with Crippen LogP contribution in [0.25, 0.3) is 0 Å². The van der Waals surface area contributed by atoms with Crippen molar-refractivity contribution >= 4 is 14.4 Å². The summed E-state index contributed by atoms with van der Waals surface area (Å²) >= 11 is 0. The zero-order valence-electron chi connectivity index (χ0n) is 11.6. The number of aldehydes is 1. The fourth-order valence-electron chi connectivity index (χ4n) is 1.76. The topological polar surface area (TPSA) is 26.3 Å². The predicted octanol–water partition coefficient (Wildman–Crippen LogP) is 3.81. The van der Waals surface area contributed by atoms with Crippen molar-refractivity contribution < 1.29 is 9.53 Å². The molecule has 16 heavy (non-hydrogen) atoms. The molecule has 0 saturated heterocycles. The molecular formula is C13H28O2Si. The van der Waals surface area contributed by atoms with Crippen molar-refractivity contribution in [3.05, 3.63) is 0 Å². The largest absolute Gasteiger partial charge is 0.378 e. The molecule has 0 radical (unpaired) electrons. The number of carbonyl (C=O) groups is 1. The lowest BCUT2D eigenvalue weighted by Gasteiger charge is -2.31.